The minimum absolute atomic E-state index is 0.0849. The first-order valence-corrected chi connectivity index (χ1v) is 9.66. The average molecular weight is 376 g/mol. The van der Waals surface area contributed by atoms with E-state index in [9.17, 15) is 13.2 Å². The van der Waals surface area contributed by atoms with E-state index in [0.29, 0.717) is 18.7 Å². The van der Waals surface area contributed by atoms with Gasteiger partial charge in [-0.1, -0.05) is 23.8 Å². The maximum absolute atomic E-state index is 12.2. The molecular formula is C19H24N2O4S. The SMILES string of the molecule is Cc1ccc(OCCNC(=O)c2cccc(S(=O)(=O)N(C)C)c2)c(C)c1. The van der Waals surface area contributed by atoms with Crippen molar-refractivity contribution in [2.45, 2.75) is 18.7 Å². The van der Waals surface area contributed by atoms with Gasteiger partial charge in [-0.05, 0) is 43.7 Å². The van der Waals surface area contributed by atoms with Crippen LogP contribution in [-0.2, 0) is 10.0 Å². The van der Waals surface area contributed by atoms with Crippen LogP contribution in [0, 0.1) is 13.8 Å². The number of amides is 1. The zero-order chi connectivity index (χ0) is 19.3. The molecule has 0 aromatic heterocycles. The molecule has 6 nitrogen and oxygen atoms in total. The predicted molar refractivity (Wildman–Crippen MR) is 101 cm³/mol. The van der Waals surface area contributed by atoms with E-state index in [1.807, 2.05) is 32.0 Å². The molecule has 2 rings (SSSR count). The first-order chi connectivity index (χ1) is 12.2. The standard InChI is InChI=1S/C19H24N2O4S/c1-14-8-9-18(15(2)12-14)25-11-10-20-19(22)16-6-5-7-17(13-16)26(23,24)21(3)4/h5-9,12-13H,10-11H2,1-4H3,(H,20,22). The number of nitrogens with one attached hydrogen (secondary N) is 1. The molecule has 1 amide bonds. The van der Waals surface area contributed by atoms with Crippen molar-refractivity contribution in [1.29, 1.82) is 0 Å². The van der Waals surface area contributed by atoms with E-state index in [1.165, 1.54) is 26.2 Å². The average Bonchev–Trinajstić information content (AvgIpc) is 2.60. The minimum Gasteiger partial charge on any atom is -0.491 e. The van der Waals surface area contributed by atoms with Gasteiger partial charge in [0.15, 0.2) is 0 Å². The van der Waals surface area contributed by atoms with Crippen molar-refractivity contribution in [3.8, 4) is 5.75 Å². The molecule has 1 N–H and O–H groups in total. The number of carbonyl (C=O) groups is 1. The van der Waals surface area contributed by atoms with Gasteiger partial charge in [-0.25, -0.2) is 12.7 Å². The summed E-state index contributed by atoms with van der Waals surface area (Å²) in [6, 6.07) is 11.9. The molecular weight excluding hydrogens is 352 g/mol. The second-order valence-corrected chi connectivity index (χ2v) is 8.34. The van der Waals surface area contributed by atoms with Crippen molar-refractivity contribution in [1.82, 2.24) is 9.62 Å². The summed E-state index contributed by atoms with van der Waals surface area (Å²) < 4.78 is 31.1. The van der Waals surface area contributed by atoms with Crippen LogP contribution in [0.5, 0.6) is 5.75 Å². The first-order valence-electron chi connectivity index (χ1n) is 8.22. The van der Waals surface area contributed by atoms with Crippen molar-refractivity contribution in [3.05, 3.63) is 59.2 Å². The van der Waals surface area contributed by atoms with Crippen molar-refractivity contribution in [2.75, 3.05) is 27.2 Å². The third-order valence-corrected chi connectivity index (χ3v) is 5.66. The highest BCUT2D eigenvalue weighted by atomic mass is 32.2. The van der Waals surface area contributed by atoms with Gasteiger partial charge in [0.2, 0.25) is 10.0 Å². The molecule has 0 heterocycles. The lowest BCUT2D eigenvalue weighted by Gasteiger charge is -2.13. The van der Waals surface area contributed by atoms with Crippen molar-refractivity contribution < 1.29 is 17.9 Å². The van der Waals surface area contributed by atoms with E-state index >= 15 is 0 Å². The largest absolute Gasteiger partial charge is 0.491 e. The number of rotatable bonds is 7. The van der Waals surface area contributed by atoms with Crippen molar-refractivity contribution >= 4 is 15.9 Å². The lowest BCUT2D eigenvalue weighted by Crippen LogP contribution is -2.28. The Kier molecular flexibility index (Phi) is 6.39. The number of sulfonamides is 1. The van der Waals surface area contributed by atoms with Gasteiger partial charge in [0.25, 0.3) is 5.91 Å². The van der Waals surface area contributed by atoms with Crippen LogP contribution >= 0.6 is 0 Å². The molecule has 2 aromatic rings. The zero-order valence-electron chi connectivity index (χ0n) is 15.4. The molecule has 0 aliphatic heterocycles. The van der Waals surface area contributed by atoms with Gasteiger partial charge in [-0.3, -0.25) is 4.79 Å². The van der Waals surface area contributed by atoms with E-state index in [1.54, 1.807) is 12.1 Å². The molecule has 0 spiro atoms. The summed E-state index contributed by atoms with van der Waals surface area (Å²) in [5, 5.41) is 2.74. The maximum atomic E-state index is 12.2. The summed E-state index contributed by atoms with van der Waals surface area (Å²) >= 11 is 0. The highest BCUT2D eigenvalue weighted by molar-refractivity contribution is 7.89. The van der Waals surface area contributed by atoms with Crippen LogP contribution in [0.2, 0.25) is 0 Å². The lowest BCUT2D eigenvalue weighted by molar-refractivity contribution is 0.0946. The predicted octanol–water partition coefficient (Wildman–Crippen LogP) is 2.36. The highest BCUT2D eigenvalue weighted by Gasteiger charge is 2.18. The molecule has 140 valence electrons. The molecule has 0 saturated heterocycles. The molecule has 7 heteroatoms. The Labute approximate surface area is 154 Å². The normalized spacial score (nSPS) is 11.4. The van der Waals surface area contributed by atoms with Gasteiger partial charge in [0.05, 0.1) is 11.4 Å². The van der Waals surface area contributed by atoms with Crippen LogP contribution in [0.3, 0.4) is 0 Å². The van der Waals surface area contributed by atoms with Crippen LogP contribution in [-0.4, -0.2) is 45.9 Å². The van der Waals surface area contributed by atoms with Gasteiger partial charge in [0, 0.05) is 19.7 Å². The Bertz CT molecular complexity index is 892. The fourth-order valence-electron chi connectivity index (χ4n) is 2.40. The Morgan fingerprint density at radius 2 is 1.85 bits per heavy atom. The number of hydrogen-bond donors (Lipinski definition) is 1. The number of ether oxygens (including phenoxy) is 1. The first kappa shape index (κ1) is 19.9. The van der Waals surface area contributed by atoms with Crippen LogP contribution in [0.4, 0.5) is 0 Å². The number of carbonyl (C=O) groups excluding carboxylic acids is 1. The molecule has 0 fully saturated rings. The quantitative estimate of drug-likeness (QED) is 0.753. The van der Waals surface area contributed by atoms with E-state index in [2.05, 4.69) is 5.32 Å². The van der Waals surface area contributed by atoms with Crippen LogP contribution in [0.25, 0.3) is 0 Å². The third-order valence-electron chi connectivity index (χ3n) is 3.85. The van der Waals surface area contributed by atoms with Crippen molar-refractivity contribution in [3.63, 3.8) is 0 Å². The van der Waals surface area contributed by atoms with E-state index in [0.717, 1.165) is 21.2 Å². The second kappa shape index (κ2) is 8.33. The van der Waals surface area contributed by atoms with Gasteiger partial charge >= 0.3 is 0 Å². The fourth-order valence-corrected chi connectivity index (χ4v) is 3.35. The van der Waals surface area contributed by atoms with Crippen LogP contribution < -0.4 is 10.1 Å². The lowest BCUT2D eigenvalue weighted by atomic mass is 10.1. The minimum atomic E-state index is -3.57. The highest BCUT2D eigenvalue weighted by Crippen LogP contribution is 2.18. The van der Waals surface area contributed by atoms with Gasteiger partial charge in [-0.2, -0.15) is 0 Å². The number of nitrogens with zero attached hydrogens (tertiary/aromatic N) is 1. The smallest absolute Gasteiger partial charge is 0.251 e. The molecule has 0 saturated carbocycles. The summed E-state index contributed by atoms with van der Waals surface area (Å²) in [5.41, 5.74) is 2.49. The van der Waals surface area contributed by atoms with E-state index in [4.69, 9.17) is 4.74 Å². The topological polar surface area (TPSA) is 75.7 Å². The Morgan fingerprint density at radius 1 is 1.12 bits per heavy atom. The second-order valence-electron chi connectivity index (χ2n) is 6.19. The number of benzene rings is 2. The van der Waals surface area contributed by atoms with E-state index < -0.39 is 10.0 Å². The number of hydrogen-bond acceptors (Lipinski definition) is 4. The molecule has 0 unspecified atom stereocenters. The van der Waals surface area contributed by atoms with Gasteiger partial charge < -0.3 is 10.1 Å². The molecule has 0 atom stereocenters. The molecule has 2 aromatic carbocycles. The Morgan fingerprint density at radius 3 is 2.50 bits per heavy atom. The fraction of sp³-hybridized carbons (Fsp3) is 0.316. The zero-order valence-corrected chi connectivity index (χ0v) is 16.3. The summed E-state index contributed by atoms with van der Waals surface area (Å²) in [5.74, 6) is 0.439. The summed E-state index contributed by atoms with van der Waals surface area (Å²) in [6.07, 6.45) is 0. The number of aryl methyl sites for hydroxylation is 2. The van der Waals surface area contributed by atoms with Crippen molar-refractivity contribution in [2.24, 2.45) is 0 Å². The molecule has 0 radical (unpaired) electrons. The van der Waals surface area contributed by atoms with E-state index in [-0.39, 0.29) is 10.8 Å². The Balaban J connectivity index is 1.94. The monoisotopic (exact) mass is 376 g/mol. The molecule has 26 heavy (non-hydrogen) atoms. The summed E-state index contributed by atoms with van der Waals surface area (Å²) in [7, 11) is -0.672. The molecule has 0 bridgehead atoms. The third kappa shape index (κ3) is 4.83. The molecule has 0 aliphatic carbocycles. The van der Waals surface area contributed by atoms with Crippen LogP contribution in [0.15, 0.2) is 47.4 Å². The summed E-state index contributed by atoms with van der Waals surface area (Å²) in [4.78, 5) is 12.3. The molecule has 0 aliphatic rings. The van der Waals surface area contributed by atoms with Gasteiger partial charge in [-0.15, -0.1) is 0 Å². The maximum Gasteiger partial charge on any atom is 0.251 e. The van der Waals surface area contributed by atoms with Gasteiger partial charge in [0.1, 0.15) is 12.4 Å². The van der Waals surface area contributed by atoms with Crippen LogP contribution in [0.1, 0.15) is 21.5 Å². The Hall–Kier alpha value is -2.38. The summed E-state index contributed by atoms with van der Waals surface area (Å²) in [6.45, 7) is 4.63.